The first-order valence-electron chi connectivity index (χ1n) is 10.4. The number of hydrogen-bond acceptors (Lipinski definition) is 4. The zero-order chi connectivity index (χ0) is 20.2. The van der Waals surface area contributed by atoms with E-state index < -0.39 is 6.29 Å². The fraction of sp³-hybridized carbons (Fsp3) is 0.476. The van der Waals surface area contributed by atoms with Crippen LogP contribution in [0.3, 0.4) is 0 Å². The summed E-state index contributed by atoms with van der Waals surface area (Å²) < 4.78 is 1.66. The zero-order valence-electron chi connectivity index (χ0n) is 16.6. The second kappa shape index (κ2) is 8.65. The van der Waals surface area contributed by atoms with Gasteiger partial charge in [-0.3, -0.25) is 15.4 Å². The van der Waals surface area contributed by atoms with Crippen molar-refractivity contribution in [3.8, 4) is 11.3 Å². The summed E-state index contributed by atoms with van der Waals surface area (Å²) in [6.45, 7) is 2.59. The van der Waals surface area contributed by atoms with E-state index in [-0.39, 0.29) is 23.9 Å². The number of benzene rings is 1. The standard InChI is InChI=1S/C21H28N6O2/c1-2-12-22-21(29)24-18-13-17(14-8-4-3-5-9-14)26-27(18)20-23-16-11-7-6-10-15(16)19(28)25-20/h3-5,8-9,13,15-16,20,23H,2,6-7,10-12H2,1H3,(H,25,28)(H2,22,24,29). The Balaban J connectivity index is 1.62. The Morgan fingerprint density at radius 2 is 2.03 bits per heavy atom. The predicted molar refractivity (Wildman–Crippen MR) is 111 cm³/mol. The van der Waals surface area contributed by atoms with Crippen molar-refractivity contribution in [1.82, 2.24) is 25.7 Å². The van der Waals surface area contributed by atoms with E-state index >= 15 is 0 Å². The van der Waals surface area contributed by atoms with Crippen molar-refractivity contribution < 1.29 is 9.59 Å². The van der Waals surface area contributed by atoms with E-state index in [9.17, 15) is 9.59 Å². The van der Waals surface area contributed by atoms with Gasteiger partial charge in [0, 0.05) is 24.2 Å². The number of amides is 3. The van der Waals surface area contributed by atoms with Gasteiger partial charge in [-0.1, -0.05) is 50.1 Å². The van der Waals surface area contributed by atoms with Crippen LogP contribution in [0, 0.1) is 5.92 Å². The average Bonchev–Trinajstić information content (AvgIpc) is 3.16. The van der Waals surface area contributed by atoms with Gasteiger partial charge in [0.1, 0.15) is 5.82 Å². The van der Waals surface area contributed by atoms with Crippen LogP contribution in [-0.2, 0) is 4.79 Å². The van der Waals surface area contributed by atoms with Gasteiger partial charge in [-0.2, -0.15) is 5.10 Å². The highest BCUT2D eigenvalue weighted by Gasteiger charge is 2.38. The highest BCUT2D eigenvalue weighted by Crippen LogP contribution is 2.30. The predicted octanol–water partition coefficient (Wildman–Crippen LogP) is 2.82. The highest BCUT2D eigenvalue weighted by molar-refractivity contribution is 5.89. The van der Waals surface area contributed by atoms with Gasteiger partial charge in [0.15, 0.2) is 6.29 Å². The van der Waals surface area contributed by atoms with Gasteiger partial charge >= 0.3 is 6.03 Å². The molecule has 154 valence electrons. The molecule has 0 spiro atoms. The lowest BCUT2D eigenvalue weighted by molar-refractivity contribution is -0.132. The van der Waals surface area contributed by atoms with E-state index in [1.807, 2.05) is 43.3 Å². The lowest BCUT2D eigenvalue weighted by atomic mass is 9.83. The molecule has 1 aliphatic heterocycles. The van der Waals surface area contributed by atoms with Crippen molar-refractivity contribution in [1.29, 1.82) is 0 Å². The average molecular weight is 396 g/mol. The number of aromatic nitrogens is 2. The van der Waals surface area contributed by atoms with Crippen molar-refractivity contribution in [3.63, 3.8) is 0 Å². The van der Waals surface area contributed by atoms with Crippen LogP contribution in [0.5, 0.6) is 0 Å². The normalized spacial score (nSPS) is 23.8. The Bertz CT molecular complexity index is 865. The van der Waals surface area contributed by atoms with Crippen molar-refractivity contribution in [2.75, 3.05) is 11.9 Å². The smallest absolute Gasteiger partial charge is 0.320 e. The molecule has 3 amide bonds. The summed E-state index contributed by atoms with van der Waals surface area (Å²) in [6, 6.07) is 11.5. The lowest BCUT2D eigenvalue weighted by Gasteiger charge is -2.40. The second-order valence-electron chi connectivity index (χ2n) is 7.68. The van der Waals surface area contributed by atoms with Crippen LogP contribution in [0.1, 0.15) is 45.3 Å². The van der Waals surface area contributed by atoms with E-state index in [0.717, 1.165) is 43.4 Å². The van der Waals surface area contributed by atoms with Gasteiger partial charge in [0.05, 0.1) is 11.6 Å². The maximum absolute atomic E-state index is 12.7. The van der Waals surface area contributed by atoms with Crippen LogP contribution >= 0.6 is 0 Å². The number of rotatable bonds is 5. The number of nitrogens with zero attached hydrogens (tertiary/aromatic N) is 2. The Kier molecular flexibility index (Phi) is 5.80. The number of hydrogen-bond donors (Lipinski definition) is 4. The number of nitrogens with one attached hydrogen (secondary N) is 4. The Hall–Kier alpha value is -2.87. The molecule has 2 aliphatic rings. The van der Waals surface area contributed by atoms with Crippen molar-refractivity contribution >= 4 is 17.8 Å². The van der Waals surface area contributed by atoms with Crippen LogP contribution in [-0.4, -0.2) is 34.3 Å². The molecule has 2 aromatic rings. The highest BCUT2D eigenvalue weighted by atomic mass is 16.2. The molecule has 1 aromatic carbocycles. The molecule has 3 atom stereocenters. The van der Waals surface area contributed by atoms with Crippen LogP contribution in [0.2, 0.25) is 0 Å². The fourth-order valence-corrected chi connectivity index (χ4v) is 4.10. The van der Waals surface area contributed by atoms with Gasteiger partial charge in [-0.25, -0.2) is 9.48 Å². The minimum atomic E-state index is -0.499. The molecule has 3 unspecified atom stereocenters. The number of anilines is 1. The van der Waals surface area contributed by atoms with Crippen LogP contribution < -0.4 is 21.3 Å². The Morgan fingerprint density at radius 1 is 1.24 bits per heavy atom. The first kappa shape index (κ1) is 19.4. The maximum Gasteiger partial charge on any atom is 0.320 e. The quantitative estimate of drug-likeness (QED) is 0.624. The summed E-state index contributed by atoms with van der Waals surface area (Å²) in [7, 11) is 0. The molecule has 8 heteroatoms. The first-order chi connectivity index (χ1) is 14.2. The van der Waals surface area contributed by atoms with E-state index in [1.165, 1.54) is 0 Å². The molecule has 0 radical (unpaired) electrons. The van der Waals surface area contributed by atoms with E-state index in [2.05, 4.69) is 21.3 Å². The third-order valence-corrected chi connectivity index (χ3v) is 5.58. The third-order valence-electron chi connectivity index (χ3n) is 5.58. The molecule has 4 rings (SSSR count). The summed E-state index contributed by atoms with van der Waals surface area (Å²) in [5.41, 5.74) is 1.68. The van der Waals surface area contributed by atoms with Gasteiger partial charge in [-0.05, 0) is 19.3 Å². The Labute approximate surface area is 170 Å². The molecule has 1 saturated heterocycles. The molecule has 29 heavy (non-hydrogen) atoms. The van der Waals surface area contributed by atoms with Gasteiger partial charge in [0.25, 0.3) is 0 Å². The largest absolute Gasteiger partial charge is 0.338 e. The van der Waals surface area contributed by atoms with E-state index in [4.69, 9.17) is 5.10 Å². The first-order valence-corrected chi connectivity index (χ1v) is 10.4. The lowest BCUT2D eigenvalue weighted by Crippen LogP contribution is -2.59. The summed E-state index contributed by atoms with van der Waals surface area (Å²) in [4.78, 5) is 24.9. The molecule has 4 N–H and O–H groups in total. The summed E-state index contributed by atoms with van der Waals surface area (Å²) >= 11 is 0. The van der Waals surface area contributed by atoms with Crippen molar-refractivity contribution in [2.45, 2.75) is 51.4 Å². The van der Waals surface area contributed by atoms with E-state index in [0.29, 0.717) is 12.4 Å². The van der Waals surface area contributed by atoms with Gasteiger partial charge < -0.3 is 10.6 Å². The van der Waals surface area contributed by atoms with Crippen molar-refractivity contribution in [3.05, 3.63) is 36.4 Å². The number of carbonyl (C=O) groups is 2. The number of carbonyl (C=O) groups excluding carboxylic acids is 2. The fourth-order valence-electron chi connectivity index (χ4n) is 4.10. The molecule has 1 aliphatic carbocycles. The molecule has 0 bridgehead atoms. The van der Waals surface area contributed by atoms with Crippen LogP contribution in [0.25, 0.3) is 11.3 Å². The second-order valence-corrected chi connectivity index (χ2v) is 7.68. The topological polar surface area (TPSA) is 100 Å². The molecule has 1 saturated carbocycles. The summed E-state index contributed by atoms with van der Waals surface area (Å²) in [5.74, 6) is 0.592. The minimum absolute atomic E-state index is 0.00779. The maximum atomic E-state index is 12.7. The molecular weight excluding hydrogens is 368 g/mol. The van der Waals surface area contributed by atoms with E-state index in [1.54, 1.807) is 4.68 Å². The monoisotopic (exact) mass is 396 g/mol. The molecule has 2 fully saturated rings. The SMILES string of the molecule is CCCNC(=O)Nc1cc(-c2ccccc2)nn1C1NC(=O)C2CCCCC2N1. The molecule has 8 nitrogen and oxygen atoms in total. The third kappa shape index (κ3) is 4.27. The van der Waals surface area contributed by atoms with Gasteiger partial charge in [0.2, 0.25) is 5.91 Å². The minimum Gasteiger partial charge on any atom is -0.338 e. The zero-order valence-corrected chi connectivity index (χ0v) is 16.6. The molecule has 2 heterocycles. The Morgan fingerprint density at radius 3 is 2.83 bits per heavy atom. The summed E-state index contributed by atoms with van der Waals surface area (Å²) in [5, 5.41) is 17.0. The van der Waals surface area contributed by atoms with Crippen molar-refractivity contribution in [2.24, 2.45) is 5.92 Å². The summed E-state index contributed by atoms with van der Waals surface area (Å²) in [6.07, 6.45) is 4.45. The van der Waals surface area contributed by atoms with Crippen LogP contribution in [0.4, 0.5) is 10.6 Å². The van der Waals surface area contributed by atoms with Gasteiger partial charge in [-0.15, -0.1) is 0 Å². The van der Waals surface area contributed by atoms with Crippen LogP contribution in [0.15, 0.2) is 36.4 Å². The number of fused-ring (bicyclic) bond motifs is 1. The number of urea groups is 1. The molecule has 1 aromatic heterocycles. The molecular formula is C21H28N6O2.